The Morgan fingerprint density at radius 2 is 1.89 bits per heavy atom. The molecule has 0 bridgehead atoms. The van der Waals surface area contributed by atoms with E-state index in [4.69, 9.17) is 5.73 Å². The van der Waals surface area contributed by atoms with Crippen molar-refractivity contribution in [2.75, 3.05) is 18.1 Å². The molecule has 0 amide bonds. The van der Waals surface area contributed by atoms with E-state index in [1.165, 1.54) is 13.1 Å². The van der Waals surface area contributed by atoms with Gasteiger partial charge in [0.05, 0.1) is 5.69 Å². The fourth-order valence-electron chi connectivity index (χ4n) is 2.02. The molecule has 1 rings (SSSR count). The average molecular weight is 285 g/mol. The lowest BCUT2D eigenvalue weighted by atomic mass is 10.1. The molecule has 0 radical (unpaired) electrons. The Labute approximate surface area is 115 Å². The van der Waals surface area contributed by atoms with Gasteiger partial charge in [-0.2, -0.15) is 0 Å². The molecule has 0 saturated heterocycles. The van der Waals surface area contributed by atoms with E-state index in [2.05, 4.69) is 23.9 Å². The Kier molecular flexibility index (Phi) is 5.20. The fraction of sp³-hybridized carbons (Fsp3) is 0.538. The van der Waals surface area contributed by atoms with Crippen LogP contribution in [0.1, 0.15) is 27.2 Å². The minimum absolute atomic E-state index is 0.186. The molecule has 19 heavy (non-hydrogen) atoms. The minimum atomic E-state index is -3.52. The van der Waals surface area contributed by atoms with E-state index in [0.29, 0.717) is 17.3 Å². The molecule has 0 aliphatic carbocycles. The summed E-state index contributed by atoms with van der Waals surface area (Å²) in [5, 5.41) is 3.23. The monoisotopic (exact) mass is 285 g/mol. The number of nitrogen functional groups attached to an aromatic ring is 1. The van der Waals surface area contributed by atoms with Gasteiger partial charge >= 0.3 is 0 Å². The van der Waals surface area contributed by atoms with E-state index in [9.17, 15) is 8.42 Å². The smallest absolute Gasteiger partial charge is 0.242 e. The Morgan fingerprint density at radius 3 is 2.42 bits per heavy atom. The van der Waals surface area contributed by atoms with Crippen molar-refractivity contribution < 1.29 is 8.42 Å². The third-order valence-electron chi connectivity index (χ3n) is 2.79. The highest BCUT2D eigenvalue weighted by Gasteiger charge is 2.18. The number of sulfonamides is 1. The lowest BCUT2D eigenvalue weighted by Crippen LogP contribution is -2.23. The first kappa shape index (κ1) is 15.8. The van der Waals surface area contributed by atoms with Gasteiger partial charge in [0, 0.05) is 11.7 Å². The molecule has 0 aromatic heterocycles. The van der Waals surface area contributed by atoms with Gasteiger partial charge in [0.1, 0.15) is 4.90 Å². The van der Waals surface area contributed by atoms with Gasteiger partial charge in [-0.15, -0.1) is 0 Å². The molecule has 5 nitrogen and oxygen atoms in total. The lowest BCUT2D eigenvalue weighted by molar-refractivity contribution is 0.539. The van der Waals surface area contributed by atoms with Crippen molar-refractivity contribution in [3.05, 3.63) is 18.2 Å². The topological polar surface area (TPSA) is 84.2 Å². The zero-order valence-corrected chi connectivity index (χ0v) is 12.7. The summed E-state index contributed by atoms with van der Waals surface area (Å²) in [5.74, 6) is 0.542. The largest absolute Gasteiger partial charge is 0.399 e. The highest BCUT2D eigenvalue weighted by Crippen LogP contribution is 2.25. The van der Waals surface area contributed by atoms with Crippen LogP contribution in [0.3, 0.4) is 0 Å². The van der Waals surface area contributed by atoms with E-state index in [1.807, 2.05) is 6.92 Å². The fourth-order valence-corrected chi connectivity index (χ4v) is 2.95. The number of hydrogen-bond donors (Lipinski definition) is 3. The van der Waals surface area contributed by atoms with Gasteiger partial charge in [-0.1, -0.05) is 13.8 Å². The Morgan fingerprint density at radius 1 is 1.26 bits per heavy atom. The third-order valence-corrected chi connectivity index (χ3v) is 4.25. The SMILES string of the molecule is CNS(=O)(=O)c1cc(N)ccc1NC(C)CC(C)C. The van der Waals surface area contributed by atoms with Crippen molar-refractivity contribution in [3.63, 3.8) is 0 Å². The normalized spacial score (nSPS) is 13.5. The molecule has 0 heterocycles. The van der Waals surface area contributed by atoms with Crippen molar-refractivity contribution >= 4 is 21.4 Å². The van der Waals surface area contributed by atoms with E-state index >= 15 is 0 Å². The van der Waals surface area contributed by atoms with Gasteiger partial charge < -0.3 is 11.1 Å². The number of benzene rings is 1. The maximum Gasteiger partial charge on any atom is 0.242 e. The summed E-state index contributed by atoms with van der Waals surface area (Å²) in [6, 6.07) is 5.06. The number of hydrogen-bond acceptors (Lipinski definition) is 4. The summed E-state index contributed by atoms with van der Waals surface area (Å²) in [5.41, 5.74) is 6.68. The van der Waals surface area contributed by atoms with Crippen molar-refractivity contribution in [2.45, 2.75) is 38.1 Å². The van der Waals surface area contributed by atoms with Crippen LogP contribution < -0.4 is 15.8 Å². The van der Waals surface area contributed by atoms with Crippen LogP contribution in [-0.4, -0.2) is 21.5 Å². The molecule has 1 unspecified atom stereocenters. The summed E-state index contributed by atoms with van der Waals surface area (Å²) < 4.78 is 26.3. The molecule has 108 valence electrons. The molecule has 0 fully saturated rings. The summed E-state index contributed by atoms with van der Waals surface area (Å²) in [6.07, 6.45) is 0.962. The van der Waals surface area contributed by atoms with Crippen molar-refractivity contribution in [3.8, 4) is 0 Å². The quantitative estimate of drug-likeness (QED) is 0.698. The standard InChI is InChI=1S/C13H23N3O2S/c1-9(2)7-10(3)16-12-6-5-11(14)8-13(12)19(17,18)15-4/h5-6,8-10,15-16H,7,14H2,1-4H3. The zero-order valence-electron chi connectivity index (χ0n) is 11.9. The van der Waals surface area contributed by atoms with Gasteiger partial charge in [0.25, 0.3) is 0 Å². The highest BCUT2D eigenvalue weighted by molar-refractivity contribution is 7.89. The first-order valence-corrected chi connectivity index (χ1v) is 7.84. The molecule has 1 atom stereocenters. The first-order chi connectivity index (χ1) is 8.76. The Hall–Kier alpha value is -1.27. The van der Waals surface area contributed by atoms with Crippen molar-refractivity contribution in [2.24, 2.45) is 5.92 Å². The molecule has 1 aromatic rings. The van der Waals surface area contributed by atoms with Crippen molar-refractivity contribution in [1.82, 2.24) is 4.72 Å². The van der Waals surface area contributed by atoms with E-state index in [0.717, 1.165) is 6.42 Å². The minimum Gasteiger partial charge on any atom is -0.399 e. The van der Waals surface area contributed by atoms with Gasteiger partial charge in [0.2, 0.25) is 10.0 Å². The second-order valence-electron chi connectivity index (χ2n) is 5.14. The second-order valence-corrected chi connectivity index (χ2v) is 6.99. The molecule has 1 aromatic carbocycles. The molecule has 6 heteroatoms. The maximum absolute atomic E-state index is 12.0. The van der Waals surface area contributed by atoms with Crippen LogP contribution in [0.15, 0.2) is 23.1 Å². The molecule has 4 N–H and O–H groups in total. The van der Waals surface area contributed by atoms with Gasteiger partial charge in [0.15, 0.2) is 0 Å². The Balaban J connectivity index is 3.08. The molecular formula is C13H23N3O2S. The predicted molar refractivity (Wildman–Crippen MR) is 79.6 cm³/mol. The third kappa shape index (κ3) is 4.40. The summed E-state index contributed by atoms with van der Waals surface area (Å²) in [4.78, 5) is 0.186. The van der Waals surface area contributed by atoms with E-state index in [1.54, 1.807) is 12.1 Å². The van der Waals surface area contributed by atoms with Crippen LogP contribution in [0.5, 0.6) is 0 Å². The molecule has 0 spiro atoms. The number of rotatable bonds is 6. The van der Waals surface area contributed by atoms with Gasteiger partial charge in [-0.05, 0) is 44.5 Å². The van der Waals surface area contributed by atoms with Gasteiger partial charge in [-0.3, -0.25) is 0 Å². The van der Waals surface area contributed by atoms with Crippen LogP contribution in [0.25, 0.3) is 0 Å². The van der Waals surface area contributed by atoms with Crippen molar-refractivity contribution in [1.29, 1.82) is 0 Å². The maximum atomic E-state index is 12.0. The zero-order chi connectivity index (χ0) is 14.6. The number of nitrogens with one attached hydrogen (secondary N) is 2. The molecular weight excluding hydrogens is 262 g/mol. The van der Waals surface area contributed by atoms with Crippen LogP contribution in [-0.2, 0) is 10.0 Å². The Bertz CT molecular complexity index is 527. The lowest BCUT2D eigenvalue weighted by Gasteiger charge is -2.19. The second kappa shape index (κ2) is 6.25. The molecule has 0 saturated carbocycles. The number of anilines is 2. The van der Waals surface area contributed by atoms with Crippen LogP contribution in [0, 0.1) is 5.92 Å². The van der Waals surface area contributed by atoms with Gasteiger partial charge in [-0.25, -0.2) is 13.1 Å². The predicted octanol–water partition coefficient (Wildman–Crippen LogP) is 2.02. The summed E-state index contributed by atoms with van der Waals surface area (Å²) >= 11 is 0. The first-order valence-electron chi connectivity index (χ1n) is 6.36. The molecule has 0 aliphatic rings. The number of nitrogens with two attached hydrogens (primary N) is 1. The highest BCUT2D eigenvalue weighted by atomic mass is 32.2. The van der Waals surface area contributed by atoms with Crippen LogP contribution in [0.2, 0.25) is 0 Å². The van der Waals surface area contributed by atoms with E-state index < -0.39 is 10.0 Å². The van der Waals surface area contributed by atoms with Crippen LogP contribution in [0.4, 0.5) is 11.4 Å². The average Bonchev–Trinajstić information content (AvgIpc) is 2.30. The summed E-state index contributed by atoms with van der Waals surface area (Å²) in [6.45, 7) is 6.30. The van der Waals surface area contributed by atoms with E-state index in [-0.39, 0.29) is 10.9 Å². The molecule has 0 aliphatic heterocycles. The summed E-state index contributed by atoms with van der Waals surface area (Å²) in [7, 11) is -2.13. The van der Waals surface area contributed by atoms with Crippen LogP contribution >= 0.6 is 0 Å².